The second-order valence-corrected chi connectivity index (χ2v) is 4.91. The van der Waals surface area contributed by atoms with Gasteiger partial charge in [0, 0.05) is 13.2 Å². The number of nitrogens with one attached hydrogen (secondary N) is 1. The SMILES string of the molecule is Cc1cc(C(=O)O)c(=O)n(CC(=O)NC[C@H]2CCCO2)n1. The number of carboxylic acid groups (broad SMARTS) is 1. The average Bonchev–Trinajstić information content (AvgIpc) is 2.93. The summed E-state index contributed by atoms with van der Waals surface area (Å²) >= 11 is 0. The second-order valence-electron chi connectivity index (χ2n) is 4.91. The zero-order valence-corrected chi connectivity index (χ0v) is 11.7. The first kappa shape index (κ1) is 15.2. The van der Waals surface area contributed by atoms with Gasteiger partial charge in [0.05, 0.1) is 11.8 Å². The van der Waals surface area contributed by atoms with Gasteiger partial charge in [0.2, 0.25) is 5.91 Å². The molecule has 1 amide bonds. The van der Waals surface area contributed by atoms with Crippen LogP contribution in [-0.4, -0.2) is 46.0 Å². The van der Waals surface area contributed by atoms with E-state index in [1.165, 1.54) is 6.07 Å². The van der Waals surface area contributed by atoms with Gasteiger partial charge in [0.1, 0.15) is 12.1 Å². The second kappa shape index (κ2) is 6.49. The summed E-state index contributed by atoms with van der Waals surface area (Å²) in [4.78, 5) is 34.6. The van der Waals surface area contributed by atoms with Crippen LogP contribution in [0.2, 0.25) is 0 Å². The van der Waals surface area contributed by atoms with Gasteiger partial charge >= 0.3 is 5.97 Å². The Balaban J connectivity index is 2.03. The van der Waals surface area contributed by atoms with Crippen LogP contribution in [0.15, 0.2) is 10.9 Å². The molecule has 2 heterocycles. The van der Waals surface area contributed by atoms with Gasteiger partial charge < -0.3 is 15.2 Å². The fourth-order valence-electron chi connectivity index (χ4n) is 2.16. The Morgan fingerprint density at radius 1 is 1.57 bits per heavy atom. The Morgan fingerprint density at radius 2 is 2.33 bits per heavy atom. The van der Waals surface area contributed by atoms with Gasteiger partial charge in [-0.2, -0.15) is 5.10 Å². The molecule has 1 aromatic heterocycles. The predicted molar refractivity (Wildman–Crippen MR) is 72.2 cm³/mol. The van der Waals surface area contributed by atoms with Crippen molar-refractivity contribution < 1.29 is 19.4 Å². The summed E-state index contributed by atoms with van der Waals surface area (Å²) < 4.78 is 6.24. The van der Waals surface area contributed by atoms with Gasteiger partial charge in [-0.15, -0.1) is 0 Å². The fraction of sp³-hybridized carbons (Fsp3) is 0.538. The average molecular weight is 295 g/mol. The molecule has 114 valence electrons. The molecule has 2 N–H and O–H groups in total. The van der Waals surface area contributed by atoms with E-state index in [0.29, 0.717) is 18.8 Å². The number of carbonyl (C=O) groups excluding carboxylic acids is 1. The number of ether oxygens (including phenoxy) is 1. The Kier molecular flexibility index (Phi) is 4.69. The van der Waals surface area contributed by atoms with Crippen molar-refractivity contribution in [1.29, 1.82) is 0 Å². The lowest BCUT2D eigenvalue weighted by molar-refractivity contribution is -0.122. The third kappa shape index (κ3) is 3.88. The molecule has 1 saturated heterocycles. The third-order valence-corrected chi connectivity index (χ3v) is 3.17. The van der Waals surface area contributed by atoms with Crippen molar-refractivity contribution in [2.75, 3.05) is 13.2 Å². The monoisotopic (exact) mass is 295 g/mol. The highest BCUT2D eigenvalue weighted by atomic mass is 16.5. The number of aromatic nitrogens is 2. The minimum atomic E-state index is -1.33. The molecule has 0 saturated carbocycles. The van der Waals surface area contributed by atoms with Crippen LogP contribution in [0.5, 0.6) is 0 Å². The lowest BCUT2D eigenvalue weighted by Crippen LogP contribution is -2.38. The Labute approximate surface area is 120 Å². The first-order chi connectivity index (χ1) is 9.97. The smallest absolute Gasteiger partial charge is 0.341 e. The van der Waals surface area contributed by atoms with Crippen LogP contribution in [-0.2, 0) is 16.1 Å². The van der Waals surface area contributed by atoms with E-state index in [-0.39, 0.29) is 12.6 Å². The van der Waals surface area contributed by atoms with E-state index in [2.05, 4.69) is 10.4 Å². The molecule has 2 rings (SSSR count). The zero-order chi connectivity index (χ0) is 15.4. The van der Waals surface area contributed by atoms with Gasteiger partial charge in [0.25, 0.3) is 5.56 Å². The number of carboxylic acids is 1. The Hall–Kier alpha value is -2.22. The molecule has 8 nitrogen and oxygen atoms in total. The topological polar surface area (TPSA) is 111 Å². The number of hydrogen-bond donors (Lipinski definition) is 2. The molecule has 1 fully saturated rings. The maximum absolute atomic E-state index is 11.9. The van der Waals surface area contributed by atoms with Crippen LogP contribution in [0.4, 0.5) is 0 Å². The summed E-state index contributed by atoms with van der Waals surface area (Å²) in [5, 5.41) is 15.5. The van der Waals surface area contributed by atoms with Crippen molar-refractivity contribution in [1.82, 2.24) is 15.1 Å². The zero-order valence-electron chi connectivity index (χ0n) is 11.7. The predicted octanol–water partition coefficient (Wildman–Crippen LogP) is -0.455. The van der Waals surface area contributed by atoms with Gasteiger partial charge in [-0.3, -0.25) is 9.59 Å². The van der Waals surface area contributed by atoms with Crippen molar-refractivity contribution in [3.63, 3.8) is 0 Å². The highest BCUT2D eigenvalue weighted by Crippen LogP contribution is 2.10. The highest BCUT2D eigenvalue weighted by molar-refractivity contribution is 5.87. The molecule has 0 aromatic carbocycles. The minimum Gasteiger partial charge on any atom is -0.477 e. The van der Waals surface area contributed by atoms with Gasteiger partial charge in [-0.25, -0.2) is 9.48 Å². The van der Waals surface area contributed by atoms with Crippen molar-refractivity contribution in [3.8, 4) is 0 Å². The first-order valence-corrected chi connectivity index (χ1v) is 6.67. The van der Waals surface area contributed by atoms with Crippen molar-refractivity contribution in [2.45, 2.75) is 32.4 Å². The number of hydrogen-bond acceptors (Lipinski definition) is 5. The molecule has 0 spiro atoms. The quantitative estimate of drug-likeness (QED) is 0.761. The maximum Gasteiger partial charge on any atom is 0.341 e. The molecular formula is C13H17N3O5. The van der Waals surface area contributed by atoms with Crippen molar-refractivity contribution in [2.24, 2.45) is 0 Å². The summed E-state index contributed by atoms with van der Waals surface area (Å²) in [6, 6.07) is 1.19. The molecule has 1 aliphatic heterocycles. The molecule has 1 aliphatic rings. The van der Waals surface area contributed by atoms with Gasteiger partial charge in [-0.1, -0.05) is 0 Å². The standard InChI is InChI=1S/C13H17N3O5/c1-8-5-10(13(19)20)12(18)16(15-8)7-11(17)14-6-9-3-2-4-21-9/h5,9H,2-4,6-7H2,1H3,(H,14,17)(H,19,20)/t9-/m1/s1. The normalized spacial score (nSPS) is 17.7. The number of rotatable bonds is 5. The molecule has 0 unspecified atom stereocenters. The molecule has 0 bridgehead atoms. The Bertz CT molecular complexity index is 604. The summed E-state index contributed by atoms with van der Waals surface area (Å²) in [6.45, 7) is 2.33. The van der Waals surface area contributed by atoms with E-state index >= 15 is 0 Å². The summed E-state index contributed by atoms with van der Waals surface area (Å²) in [7, 11) is 0. The number of aryl methyl sites for hydroxylation is 1. The molecule has 1 atom stereocenters. The van der Waals surface area contributed by atoms with E-state index in [4.69, 9.17) is 9.84 Å². The number of amides is 1. The van der Waals surface area contributed by atoms with Crippen LogP contribution in [0.1, 0.15) is 28.9 Å². The molecular weight excluding hydrogens is 278 g/mol. The van der Waals surface area contributed by atoms with Crippen LogP contribution >= 0.6 is 0 Å². The van der Waals surface area contributed by atoms with Crippen LogP contribution in [0.3, 0.4) is 0 Å². The maximum atomic E-state index is 11.9. The van der Waals surface area contributed by atoms with E-state index < -0.39 is 23.0 Å². The van der Waals surface area contributed by atoms with Crippen LogP contribution < -0.4 is 10.9 Å². The molecule has 0 radical (unpaired) electrons. The van der Waals surface area contributed by atoms with Crippen molar-refractivity contribution in [3.05, 3.63) is 27.7 Å². The molecule has 1 aromatic rings. The molecule has 0 aliphatic carbocycles. The number of aromatic carboxylic acids is 1. The first-order valence-electron chi connectivity index (χ1n) is 6.67. The Morgan fingerprint density at radius 3 is 2.95 bits per heavy atom. The number of nitrogens with zero attached hydrogens (tertiary/aromatic N) is 2. The summed E-state index contributed by atoms with van der Waals surface area (Å²) in [5.74, 6) is -1.74. The lowest BCUT2D eigenvalue weighted by Gasteiger charge is -2.11. The lowest BCUT2D eigenvalue weighted by atomic mass is 10.2. The minimum absolute atomic E-state index is 0.00530. The van der Waals surface area contributed by atoms with Crippen LogP contribution in [0.25, 0.3) is 0 Å². The third-order valence-electron chi connectivity index (χ3n) is 3.17. The van der Waals surface area contributed by atoms with Crippen molar-refractivity contribution >= 4 is 11.9 Å². The molecule has 8 heteroatoms. The molecule has 21 heavy (non-hydrogen) atoms. The highest BCUT2D eigenvalue weighted by Gasteiger charge is 2.18. The fourth-order valence-corrected chi connectivity index (χ4v) is 2.16. The van der Waals surface area contributed by atoms with Crippen LogP contribution in [0, 0.1) is 6.92 Å². The summed E-state index contributed by atoms with van der Waals surface area (Å²) in [6.07, 6.45) is 1.87. The van der Waals surface area contributed by atoms with Gasteiger partial charge in [0.15, 0.2) is 0 Å². The van der Waals surface area contributed by atoms with Gasteiger partial charge in [-0.05, 0) is 25.8 Å². The van der Waals surface area contributed by atoms with E-state index in [0.717, 1.165) is 17.5 Å². The van der Waals surface area contributed by atoms with E-state index in [1.807, 2.05) is 0 Å². The summed E-state index contributed by atoms with van der Waals surface area (Å²) in [5.41, 5.74) is -0.825. The van der Waals surface area contributed by atoms with E-state index in [1.54, 1.807) is 6.92 Å². The largest absolute Gasteiger partial charge is 0.477 e. The number of carbonyl (C=O) groups is 2. The van der Waals surface area contributed by atoms with E-state index in [9.17, 15) is 14.4 Å².